The molecule has 0 atom stereocenters. The van der Waals surface area contributed by atoms with Crippen molar-refractivity contribution >= 4 is 93.6 Å². The van der Waals surface area contributed by atoms with Crippen LogP contribution >= 0.6 is 0 Å². The van der Waals surface area contributed by atoms with Gasteiger partial charge in [-0.25, -0.2) is 0 Å². The Morgan fingerprint density at radius 2 is 0.931 bits per heavy atom. The van der Waals surface area contributed by atoms with E-state index in [9.17, 15) is 0 Å². The van der Waals surface area contributed by atoms with Crippen LogP contribution in [0, 0.1) is 0 Å². The summed E-state index contributed by atoms with van der Waals surface area (Å²) in [5, 5.41) is 7.36. The van der Waals surface area contributed by atoms with Crippen molar-refractivity contribution in [1.82, 2.24) is 8.80 Å². The molecule has 9 aromatic carbocycles. The highest BCUT2D eigenvalue weighted by Crippen LogP contribution is 2.45. The van der Waals surface area contributed by atoms with Crippen molar-refractivity contribution < 1.29 is 4.42 Å². The maximum atomic E-state index is 6.19. The molecule has 4 nitrogen and oxygen atoms in total. The van der Waals surface area contributed by atoms with Gasteiger partial charge in [0, 0.05) is 49.4 Å². The number of benzene rings is 9. The summed E-state index contributed by atoms with van der Waals surface area (Å²) in [6.45, 7) is 0. The van der Waals surface area contributed by atoms with Gasteiger partial charge in [0.05, 0.1) is 33.1 Å². The standard InChI is InChI=1S/C54H33N3O/c1-2-13-37(14-3-1)55(39-28-31-51-45(33-39)42-17-5-9-23-50(42)58-51)38-15-10-12-36(32-38)34-24-26-35(27-25-34)40-18-11-22-49-52(40)44-30-29-43-41-16-4-6-19-46(41)56-47-20-7-8-21-48(47)57(49)54(44)53(43)56/h1-33H. The fourth-order valence-electron chi connectivity index (χ4n) is 9.73. The van der Waals surface area contributed by atoms with Crippen LogP contribution in [-0.2, 0) is 0 Å². The summed E-state index contributed by atoms with van der Waals surface area (Å²) in [4.78, 5) is 2.33. The molecule has 0 aliphatic carbocycles. The van der Waals surface area contributed by atoms with E-state index in [-0.39, 0.29) is 0 Å². The molecule has 13 rings (SSSR count). The molecule has 4 heterocycles. The second-order valence-corrected chi connectivity index (χ2v) is 15.3. The van der Waals surface area contributed by atoms with Crippen molar-refractivity contribution in [3.63, 3.8) is 0 Å². The summed E-state index contributed by atoms with van der Waals surface area (Å²) in [5.41, 5.74) is 17.3. The molecule has 13 aromatic rings. The molecule has 0 bridgehead atoms. The third-order valence-corrected chi connectivity index (χ3v) is 12.2. The second kappa shape index (κ2) is 11.8. The van der Waals surface area contributed by atoms with Crippen LogP contribution in [-0.4, -0.2) is 8.80 Å². The number of nitrogens with zero attached hydrogens (tertiary/aromatic N) is 3. The van der Waals surface area contributed by atoms with Crippen LogP contribution in [0.5, 0.6) is 0 Å². The van der Waals surface area contributed by atoms with Crippen molar-refractivity contribution in [1.29, 1.82) is 0 Å². The highest BCUT2D eigenvalue weighted by Gasteiger charge is 2.23. The topological polar surface area (TPSA) is 25.2 Å². The lowest BCUT2D eigenvalue weighted by Crippen LogP contribution is -2.09. The number of furan rings is 1. The lowest BCUT2D eigenvalue weighted by Gasteiger charge is -2.26. The summed E-state index contributed by atoms with van der Waals surface area (Å²) in [5.74, 6) is 0. The predicted molar refractivity (Wildman–Crippen MR) is 242 cm³/mol. The largest absolute Gasteiger partial charge is 0.456 e. The Morgan fingerprint density at radius 3 is 1.78 bits per heavy atom. The van der Waals surface area contributed by atoms with Gasteiger partial charge in [0.1, 0.15) is 11.2 Å². The van der Waals surface area contributed by atoms with Gasteiger partial charge in [0.25, 0.3) is 0 Å². The van der Waals surface area contributed by atoms with Gasteiger partial charge in [-0.15, -0.1) is 0 Å². The molecule has 0 aliphatic heterocycles. The molecule has 0 N–H and O–H groups in total. The Bertz CT molecular complexity index is 3740. The fraction of sp³-hybridized carbons (Fsp3) is 0. The number of hydrogen-bond acceptors (Lipinski definition) is 2. The van der Waals surface area contributed by atoms with E-state index in [0.29, 0.717) is 0 Å². The van der Waals surface area contributed by atoms with E-state index < -0.39 is 0 Å². The maximum Gasteiger partial charge on any atom is 0.135 e. The summed E-state index contributed by atoms with van der Waals surface area (Å²) < 4.78 is 11.2. The quantitative estimate of drug-likeness (QED) is 0.164. The van der Waals surface area contributed by atoms with Gasteiger partial charge in [0.2, 0.25) is 0 Å². The van der Waals surface area contributed by atoms with Gasteiger partial charge in [0.15, 0.2) is 0 Å². The average molecular weight is 740 g/mol. The first-order chi connectivity index (χ1) is 28.8. The Hall–Kier alpha value is -7.82. The molecular formula is C54H33N3O. The normalized spacial score (nSPS) is 12.1. The number of hydrogen-bond donors (Lipinski definition) is 0. The van der Waals surface area contributed by atoms with Crippen LogP contribution in [0.3, 0.4) is 0 Å². The first kappa shape index (κ1) is 31.4. The van der Waals surface area contributed by atoms with Gasteiger partial charge in [-0.2, -0.15) is 0 Å². The van der Waals surface area contributed by atoms with Crippen LogP contribution in [0.4, 0.5) is 17.1 Å². The molecule has 4 aromatic heterocycles. The zero-order valence-electron chi connectivity index (χ0n) is 31.3. The second-order valence-electron chi connectivity index (χ2n) is 15.3. The number of anilines is 3. The fourth-order valence-corrected chi connectivity index (χ4v) is 9.73. The van der Waals surface area contributed by atoms with Crippen LogP contribution in [0.15, 0.2) is 205 Å². The van der Waals surface area contributed by atoms with E-state index in [1.807, 2.05) is 12.1 Å². The van der Waals surface area contributed by atoms with Crippen LogP contribution < -0.4 is 4.90 Å². The molecule has 58 heavy (non-hydrogen) atoms. The molecule has 0 unspecified atom stereocenters. The van der Waals surface area contributed by atoms with E-state index >= 15 is 0 Å². The summed E-state index contributed by atoms with van der Waals surface area (Å²) in [7, 11) is 0. The minimum atomic E-state index is 0.890. The molecule has 0 radical (unpaired) electrons. The van der Waals surface area contributed by atoms with Gasteiger partial charge in [-0.1, -0.05) is 127 Å². The van der Waals surface area contributed by atoms with E-state index in [0.717, 1.165) is 44.6 Å². The smallest absolute Gasteiger partial charge is 0.135 e. The summed E-state index contributed by atoms with van der Waals surface area (Å²) >= 11 is 0. The van der Waals surface area contributed by atoms with Gasteiger partial charge >= 0.3 is 0 Å². The minimum Gasteiger partial charge on any atom is -0.456 e. The first-order valence-electron chi connectivity index (χ1n) is 19.8. The lowest BCUT2D eigenvalue weighted by molar-refractivity contribution is 0.669. The zero-order valence-corrected chi connectivity index (χ0v) is 31.3. The highest BCUT2D eigenvalue weighted by atomic mass is 16.3. The van der Waals surface area contributed by atoms with E-state index in [1.54, 1.807) is 0 Å². The molecule has 0 fully saturated rings. The average Bonchev–Trinajstić information content (AvgIpc) is 3.95. The summed E-state index contributed by atoms with van der Waals surface area (Å²) in [6.07, 6.45) is 0. The number of rotatable bonds is 5. The van der Waals surface area contributed by atoms with Crippen LogP contribution in [0.1, 0.15) is 0 Å². The molecular weight excluding hydrogens is 707 g/mol. The third-order valence-electron chi connectivity index (χ3n) is 12.2. The molecule has 0 saturated carbocycles. The van der Waals surface area contributed by atoms with Crippen LogP contribution in [0.2, 0.25) is 0 Å². The number of fused-ring (bicyclic) bond motifs is 12. The maximum absolute atomic E-state index is 6.19. The molecule has 270 valence electrons. The number of para-hydroxylation sites is 5. The molecule has 0 aliphatic rings. The number of aromatic nitrogens is 2. The molecule has 0 saturated heterocycles. The van der Waals surface area contributed by atoms with E-state index in [4.69, 9.17) is 4.42 Å². The Balaban J connectivity index is 0.948. The van der Waals surface area contributed by atoms with Crippen molar-refractivity contribution in [2.45, 2.75) is 0 Å². The Kier molecular flexibility index (Phi) is 6.41. The van der Waals surface area contributed by atoms with Crippen molar-refractivity contribution in [3.05, 3.63) is 200 Å². The lowest BCUT2D eigenvalue weighted by atomic mass is 9.96. The van der Waals surface area contributed by atoms with Crippen molar-refractivity contribution in [2.24, 2.45) is 0 Å². The SMILES string of the molecule is c1ccc(N(c2cccc(-c3ccc(-c4cccc5c4c4ccc6c7ccccc7n7c8ccccc8n5c4c67)cc3)c2)c2ccc3oc4ccccc4c3c2)cc1. The Labute approximate surface area is 333 Å². The first-order valence-corrected chi connectivity index (χ1v) is 19.8. The molecule has 0 spiro atoms. The molecule has 4 heteroatoms. The third kappa shape index (κ3) is 4.34. The van der Waals surface area contributed by atoms with Gasteiger partial charge in [-0.3, -0.25) is 0 Å². The summed E-state index contributed by atoms with van der Waals surface area (Å²) in [6, 6.07) is 72.4. The minimum absolute atomic E-state index is 0.890. The predicted octanol–water partition coefficient (Wildman–Crippen LogP) is 14.9. The Morgan fingerprint density at radius 1 is 0.328 bits per heavy atom. The molecule has 0 amide bonds. The highest BCUT2D eigenvalue weighted by molar-refractivity contribution is 6.27. The monoisotopic (exact) mass is 739 g/mol. The zero-order chi connectivity index (χ0) is 37.9. The van der Waals surface area contributed by atoms with Gasteiger partial charge < -0.3 is 18.1 Å². The van der Waals surface area contributed by atoms with E-state index in [2.05, 4.69) is 202 Å². The van der Waals surface area contributed by atoms with Crippen molar-refractivity contribution in [2.75, 3.05) is 4.90 Å². The van der Waals surface area contributed by atoms with Crippen molar-refractivity contribution in [3.8, 4) is 22.3 Å². The van der Waals surface area contributed by atoms with Gasteiger partial charge in [-0.05, 0) is 95.1 Å². The van der Waals surface area contributed by atoms with Crippen LogP contribution in [0.25, 0.3) is 98.8 Å². The van der Waals surface area contributed by atoms with E-state index in [1.165, 1.54) is 71.3 Å².